The lowest BCUT2D eigenvalue weighted by molar-refractivity contribution is -0.00903. The molecule has 0 aliphatic carbocycles. The highest BCUT2D eigenvalue weighted by Crippen LogP contribution is 2.24. The van der Waals surface area contributed by atoms with Crippen molar-refractivity contribution in [1.82, 2.24) is 5.32 Å². The van der Waals surface area contributed by atoms with Gasteiger partial charge in [0.2, 0.25) is 0 Å². The van der Waals surface area contributed by atoms with Crippen LogP contribution in [0.1, 0.15) is 18.1 Å². The van der Waals surface area contributed by atoms with E-state index in [0.717, 1.165) is 18.6 Å². The summed E-state index contributed by atoms with van der Waals surface area (Å²) in [5.41, 5.74) is 1.84. The minimum absolute atomic E-state index is 0.542. The molecule has 1 saturated heterocycles. The second-order valence-electron chi connectivity index (χ2n) is 4.50. The summed E-state index contributed by atoms with van der Waals surface area (Å²) < 4.78 is 5.29. The van der Waals surface area contributed by atoms with Gasteiger partial charge in [0.15, 0.2) is 0 Å². The van der Waals surface area contributed by atoms with Crippen molar-refractivity contribution in [2.45, 2.75) is 25.4 Å². The van der Waals surface area contributed by atoms with Crippen LogP contribution in [0.25, 0.3) is 0 Å². The number of aliphatic hydroxyl groups is 1. The quantitative estimate of drug-likeness (QED) is 0.801. The van der Waals surface area contributed by atoms with Crippen molar-refractivity contribution in [1.29, 1.82) is 0 Å². The predicted octanol–water partition coefficient (Wildman–Crippen LogP) is 1.13. The third-order valence-corrected chi connectivity index (χ3v) is 3.17. The standard InChI is InChI=1S/C13H19NO2/c1-3-11-6-10(4-5-12(11)16-2)7-13(15)8-14-9-13/h4-6,14-15H,3,7-9H2,1-2H3. The maximum absolute atomic E-state index is 10.1. The van der Waals surface area contributed by atoms with Crippen LogP contribution in [-0.4, -0.2) is 30.9 Å². The molecule has 3 heteroatoms. The summed E-state index contributed by atoms with van der Waals surface area (Å²) in [6, 6.07) is 6.16. The van der Waals surface area contributed by atoms with Crippen LogP contribution in [0.4, 0.5) is 0 Å². The zero-order chi connectivity index (χ0) is 11.6. The largest absolute Gasteiger partial charge is 0.496 e. The summed E-state index contributed by atoms with van der Waals surface area (Å²) in [5.74, 6) is 0.935. The number of ether oxygens (including phenoxy) is 1. The van der Waals surface area contributed by atoms with Gasteiger partial charge < -0.3 is 15.2 Å². The summed E-state index contributed by atoms with van der Waals surface area (Å²) in [4.78, 5) is 0. The molecule has 1 aliphatic rings. The second-order valence-corrected chi connectivity index (χ2v) is 4.50. The normalized spacial score (nSPS) is 17.9. The molecule has 16 heavy (non-hydrogen) atoms. The predicted molar refractivity (Wildman–Crippen MR) is 63.9 cm³/mol. The summed E-state index contributed by atoms with van der Waals surface area (Å²) in [7, 11) is 1.69. The van der Waals surface area contributed by atoms with Crippen LogP contribution in [-0.2, 0) is 12.8 Å². The number of hydrogen-bond acceptors (Lipinski definition) is 3. The molecular formula is C13H19NO2. The zero-order valence-corrected chi connectivity index (χ0v) is 9.92. The van der Waals surface area contributed by atoms with Crippen molar-refractivity contribution in [3.63, 3.8) is 0 Å². The fraction of sp³-hybridized carbons (Fsp3) is 0.538. The molecule has 2 N–H and O–H groups in total. The molecule has 2 rings (SSSR count). The Bertz CT molecular complexity index is 372. The van der Waals surface area contributed by atoms with E-state index in [-0.39, 0.29) is 0 Å². The number of nitrogens with one attached hydrogen (secondary N) is 1. The van der Waals surface area contributed by atoms with Crippen LogP contribution >= 0.6 is 0 Å². The molecule has 88 valence electrons. The van der Waals surface area contributed by atoms with Gasteiger partial charge in [0.1, 0.15) is 5.75 Å². The molecule has 0 aromatic heterocycles. The minimum atomic E-state index is -0.542. The Morgan fingerprint density at radius 2 is 2.19 bits per heavy atom. The maximum Gasteiger partial charge on any atom is 0.122 e. The molecule has 0 saturated carbocycles. The van der Waals surface area contributed by atoms with E-state index in [1.54, 1.807) is 7.11 Å². The summed E-state index contributed by atoms with van der Waals surface area (Å²) >= 11 is 0. The van der Waals surface area contributed by atoms with Gasteiger partial charge in [-0.25, -0.2) is 0 Å². The molecule has 0 atom stereocenters. The van der Waals surface area contributed by atoms with Gasteiger partial charge in [0, 0.05) is 19.5 Å². The van der Waals surface area contributed by atoms with Crippen molar-refractivity contribution >= 4 is 0 Å². The van der Waals surface area contributed by atoms with Crippen LogP contribution in [0.15, 0.2) is 18.2 Å². The highest BCUT2D eigenvalue weighted by atomic mass is 16.5. The van der Waals surface area contributed by atoms with Crippen LogP contribution in [0.2, 0.25) is 0 Å². The SMILES string of the molecule is CCc1cc(CC2(O)CNC2)ccc1OC. The van der Waals surface area contributed by atoms with E-state index in [9.17, 15) is 5.11 Å². The molecule has 0 spiro atoms. The van der Waals surface area contributed by atoms with Gasteiger partial charge in [0.05, 0.1) is 12.7 Å². The minimum Gasteiger partial charge on any atom is -0.496 e. The zero-order valence-electron chi connectivity index (χ0n) is 9.92. The number of methoxy groups -OCH3 is 1. The highest BCUT2D eigenvalue weighted by Gasteiger charge is 2.34. The van der Waals surface area contributed by atoms with Crippen molar-refractivity contribution in [2.24, 2.45) is 0 Å². The number of benzene rings is 1. The number of hydrogen-bond donors (Lipinski definition) is 2. The number of rotatable bonds is 4. The van der Waals surface area contributed by atoms with E-state index in [4.69, 9.17) is 4.74 Å². The fourth-order valence-electron chi connectivity index (χ4n) is 2.14. The lowest BCUT2D eigenvalue weighted by atomic mass is 9.88. The molecule has 0 unspecified atom stereocenters. The molecule has 1 aliphatic heterocycles. The van der Waals surface area contributed by atoms with E-state index in [0.29, 0.717) is 13.1 Å². The molecule has 0 radical (unpaired) electrons. The van der Waals surface area contributed by atoms with Gasteiger partial charge in [-0.15, -0.1) is 0 Å². The number of β-amino-alcohol motifs (C(OH)–C–C–N with tert-alkyl or cyclic N) is 1. The molecule has 0 amide bonds. The first-order chi connectivity index (χ1) is 7.67. The van der Waals surface area contributed by atoms with Crippen LogP contribution in [0, 0.1) is 0 Å². The Morgan fingerprint density at radius 1 is 1.44 bits per heavy atom. The van der Waals surface area contributed by atoms with E-state index in [1.165, 1.54) is 11.1 Å². The van der Waals surface area contributed by atoms with Crippen molar-refractivity contribution in [2.75, 3.05) is 20.2 Å². The maximum atomic E-state index is 10.1. The first-order valence-corrected chi connectivity index (χ1v) is 5.76. The average molecular weight is 221 g/mol. The van der Waals surface area contributed by atoms with E-state index in [2.05, 4.69) is 18.3 Å². The second kappa shape index (κ2) is 4.44. The van der Waals surface area contributed by atoms with Crippen molar-refractivity contribution in [3.05, 3.63) is 29.3 Å². The van der Waals surface area contributed by atoms with Crippen LogP contribution in [0.3, 0.4) is 0 Å². The Hall–Kier alpha value is -1.06. The molecule has 3 nitrogen and oxygen atoms in total. The van der Waals surface area contributed by atoms with Gasteiger partial charge in [0.25, 0.3) is 0 Å². The van der Waals surface area contributed by atoms with Crippen molar-refractivity contribution in [3.8, 4) is 5.75 Å². The Balaban J connectivity index is 2.15. The van der Waals surface area contributed by atoms with E-state index >= 15 is 0 Å². The fourth-order valence-corrected chi connectivity index (χ4v) is 2.14. The third-order valence-electron chi connectivity index (χ3n) is 3.17. The van der Waals surface area contributed by atoms with Crippen molar-refractivity contribution < 1.29 is 9.84 Å². The monoisotopic (exact) mass is 221 g/mol. The average Bonchev–Trinajstić information content (AvgIpc) is 2.26. The topological polar surface area (TPSA) is 41.5 Å². The molecule has 1 fully saturated rings. The van der Waals surface area contributed by atoms with Gasteiger partial charge in [-0.2, -0.15) is 0 Å². The third kappa shape index (κ3) is 2.20. The first kappa shape index (κ1) is 11.4. The Morgan fingerprint density at radius 3 is 2.69 bits per heavy atom. The first-order valence-electron chi connectivity index (χ1n) is 5.76. The lowest BCUT2D eigenvalue weighted by Crippen LogP contribution is -2.60. The highest BCUT2D eigenvalue weighted by molar-refractivity contribution is 5.38. The van der Waals surface area contributed by atoms with E-state index < -0.39 is 5.60 Å². The van der Waals surface area contributed by atoms with Gasteiger partial charge >= 0.3 is 0 Å². The molecular weight excluding hydrogens is 202 g/mol. The van der Waals surface area contributed by atoms with Gasteiger partial charge in [-0.05, 0) is 23.6 Å². The lowest BCUT2D eigenvalue weighted by Gasteiger charge is -2.37. The number of aryl methyl sites for hydroxylation is 1. The summed E-state index contributed by atoms with van der Waals surface area (Å²) in [6.07, 6.45) is 1.67. The van der Waals surface area contributed by atoms with Gasteiger partial charge in [-0.1, -0.05) is 19.1 Å². The summed E-state index contributed by atoms with van der Waals surface area (Å²) in [6.45, 7) is 3.50. The van der Waals surface area contributed by atoms with Crippen LogP contribution < -0.4 is 10.1 Å². The molecule has 1 heterocycles. The Kier molecular flexibility index (Phi) is 3.17. The molecule has 0 bridgehead atoms. The van der Waals surface area contributed by atoms with Crippen LogP contribution in [0.5, 0.6) is 5.75 Å². The van der Waals surface area contributed by atoms with E-state index in [1.807, 2.05) is 12.1 Å². The Labute approximate surface area is 96.4 Å². The smallest absolute Gasteiger partial charge is 0.122 e. The summed E-state index contributed by atoms with van der Waals surface area (Å²) in [5, 5.41) is 13.2. The molecule has 1 aromatic rings. The molecule has 1 aromatic carbocycles. The van der Waals surface area contributed by atoms with Gasteiger partial charge in [-0.3, -0.25) is 0 Å².